The van der Waals surface area contributed by atoms with Crippen molar-refractivity contribution in [2.45, 2.75) is 12.6 Å². The van der Waals surface area contributed by atoms with Gasteiger partial charge in [0.15, 0.2) is 0 Å². The number of nitrogens with two attached hydrogens (primary N) is 1. The van der Waals surface area contributed by atoms with E-state index in [1.165, 1.54) is 13.1 Å². The standard InChI is InChI=1S/C16H14ClF4N5O2/c1-23-15(22)28-5-4-11-10(18)2-3-12(25-11)26-14(27)13-9(17)6-8(7-24-13)16(19,20)21/h2-3,6-7H,4-5H2,1H3,(H2,22,23)(H,25,26,27). The number of amidine groups is 1. The van der Waals surface area contributed by atoms with Crippen LogP contribution in [0.5, 0.6) is 0 Å². The molecule has 0 radical (unpaired) electrons. The minimum atomic E-state index is -4.65. The Morgan fingerprint density at radius 1 is 1.39 bits per heavy atom. The molecule has 1 amide bonds. The second kappa shape index (κ2) is 8.83. The lowest BCUT2D eigenvalue weighted by Crippen LogP contribution is -2.19. The summed E-state index contributed by atoms with van der Waals surface area (Å²) in [6, 6.07) is 2.76. The van der Waals surface area contributed by atoms with Gasteiger partial charge < -0.3 is 15.8 Å². The summed E-state index contributed by atoms with van der Waals surface area (Å²) in [5.41, 5.74) is 3.81. The van der Waals surface area contributed by atoms with Gasteiger partial charge in [-0.15, -0.1) is 0 Å². The fraction of sp³-hybridized carbons (Fsp3) is 0.250. The first-order valence-electron chi connectivity index (χ1n) is 7.66. The molecular weight excluding hydrogens is 406 g/mol. The number of halogens is 5. The van der Waals surface area contributed by atoms with Gasteiger partial charge in [-0.2, -0.15) is 13.2 Å². The summed E-state index contributed by atoms with van der Waals surface area (Å²) in [6.45, 7) is -0.00319. The fourth-order valence-electron chi connectivity index (χ4n) is 1.98. The van der Waals surface area contributed by atoms with E-state index in [0.717, 1.165) is 6.07 Å². The van der Waals surface area contributed by atoms with Crippen LogP contribution >= 0.6 is 11.6 Å². The molecule has 0 atom stereocenters. The van der Waals surface area contributed by atoms with Crippen molar-refractivity contribution >= 4 is 29.3 Å². The SMILES string of the molecule is CN=C(N)OCCc1nc(NC(=O)c2ncc(C(F)(F)F)cc2Cl)ccc1F. The van der Waals surface area contributed by atoms with Gasteiger partial charge in [-0.3, -0.25) is 4.79 Å². The van der Waals surface area contributed by atoms with Gasteiger partial charge in [0, 0.05) is 19.7 Å². The highest BCUT2D eigenvalue weighted by atomic mass is 35.5. The molecule has 2 aromatic heterocycles. The quantitative estimate of drug-likeness (QED) is 0.440. The summed E-state index contributed by atoms with van der Waals surface area (Å²) < 4.78 is 56.7. The Kier molecular flexibility index (Phi) is 6.73. The molecule has 0 spiro atoms. The number of amides is 1. The molecule has 150 valence electrons. The van der Waals surface area contributed by atoms with Crippen LogP contribution in [0.2, 0.25) is 5.02 Å². The van der Waals surface area contributed by atoms with Crippen molar-refractivity contribution in [3.05, 3.63) is 52.2 Å². The van der Waals surface area contributed by atoms with Crippen molar-refractivity contribution in [3.8, 4) is 0 Å². The minimum Gasteiger partial charge on any atom is -0.465 e. The van der Waals surface area contributed by atoms with Crippen LogP contribution in [0, 0.1) is 5.82 Å². The average molecular weight is 420 g/mol. The lowest BCUT2D eigenvalue weighted by molar-refractivity contribution is -0.137. The third-order valence-electron chi connectivity index (χ3n) is 3.35. The zero-order valence-electron chi connectivity index (χ0n) is 14.3. The molecule has 7 nitrogen and oxygen atoms in total. The molecule has 12 heteroatoms. The number of ether oxygens (including phenoxy) is 1. The Morgan fingerprint density at radius 2 is 2.11 bits per heavy atom. The summed E-state index contributed by atoms with van der Waals surface area (Å²) in [7, 11) is 1.42. The predicted molar refractivity (Wildman–Crippen MR) is 93.6 cm³/mol. The molecule has 3 N–H and O–H groups in total. The zero-order valence-corrected chi connectivity index (χ0v) is 15.1. The van der Waals surface area contributed by atoms with E-state index in [9.17, 15) is 22.4 Å². The molecule has 0 fully saturated rings. The van der Waals surface area contributed by atoms with Crippen LogP contribution in [-0.2, 0) is 17.3 Å². The van der Waals surface area contributed by atoms with E-state index < -0.39 is 34.2 Å². The maximum absolute atomic E-state index is 13.8. The number of rotatable bonds is 5. The molecule has 0 aliphatic carbocycles. The predicted octanol–water partition coefficient (Wildman–Crippen LogP) is 3.04. The van der Waals surface area contributed by atoms with Crippen LogP contribution in [0.1, 0.15) is 21.7 Å². The second-order valence-corrected chi connectivity index (χ2v) is 5.70. The first-order valence-corrected chi connectivity index (χ1v) is 8.04. The van der Waals surface area contributed by atoms with Crippen molar-refractivity contribution < 1.29 is 27.1 Å². The lowest BCUT2D eigenvalue weighted by atomic mass is 10.2. The summed E-state index contributed by atoms with van der Waals surface area (Å²) in [4.78, 5) is 23.2. The third kappa shape index (κ3) is 5.52. The van der Waals surface area contributed by atoms with E-state index in [0.29, 0.717) is 12.3 Å². The molecule has 0 unspecified atom stereocenters. The highest BCUT2D eigenvalue weighted by Gasteiger charge is 2.32. The Bertz CT molecular complexity index is 905. The summed E-state index contributed by atoms with van der Waals surface area (Å²) >= 11 is 5.72. The van der Waals surface area contributed by atoms with Crippen LogP contribution in [0.15, 0.2) is 29.4 Å². The van der Waals surface area contributed by atoms with Gasteiger partial charge in [0.2, 0.25) is 0 Å². The van der Waals surface area contributed by atoms with Gasteiger partial charge in [0.1, 0.15) is 17.3 Å². The molecule has 0 aliphatic rings. The fourth-order valence-corrected chi connectivity index (χ4v) is 2.23. The smallest absolute Gasteiger partial charge is 0.417 e. The monoisotopic (exact) mass is 419 g/mol. The van der Waals surface area contributed by atoms with Crippen molar-refractivity contribution in [3.63, 3.8) is 0 Å². The Morgan fingerprint density at radius 3 is 2.71 bits per heavy atom. The van der Waals surface area contributed by atoms with Gasteiger partial charge in [-0.25, -0.2) is 19.4 Å². The van der Waals surface area contributed by atoms with Crippen molar-refractivity contribution in [2.24, 2.45) is 10.7 Å². The second-order valence-electron chi connectivity index (χ2n) is 5.29. The molecule has 0 aromatic carbocycles. The molecular formula is C16H14ClF4N5O2. The number of aliphatic imine (C=N–C) groups is 1. The Balaban J connectivity index is 2.13. The van der Waals surface area contributed by atoms with E-state index in [1.54, 1.807) is 0 Å². The molecule has 0 saturated heterocycles. The molecule has 0 aliphatic heterocycles. The normalized spacial score (nSPS) is 12.0. The average Bonchev–Trinajstić information content (AvgIpc) is 2.63. The highest BCUT2D eigenvalue weighted by molar-refractivity contribution is 6.34. The van der Waals surface area contributed by atoms with Crippen LogP contribution in [0.3, 0.4) is 0 Å². The summed E-state index contributed by atoms with van der Waals surface area (Å²) in [5, 5.41) is 1.81. The summed E-state index contributed by atoms with van der Waals surface area (Å²) in [5.74, 6) is -1.59. The van der Waals surface area contributed by atoms with E-state index >= 15 is 0 Å². The van der Waals surface area contributed by atoms with Crippen LogP contribution in [0.4, 0.5) is 23.4 Å². The topological polar surface area (TPSA) is 102 Å². The number of carbonyl (C=O) groups excluding carboxylic acids is 1. The van der Waals surface area contributed by atoms with Gasteiger partial charge in [0.25, 0.3) is 11.9 Å². The molecule has 2 aromatic rings. The molecule has 0 saturated carbocycles. The number of carbonyl (C=O) groups is 1. The number of nitrogens with one attached hydrogen (secondary N) is 1. The number of anilines is 1. The Labute approximate surface area is 161 Å². The molecule has 28 heavy (non-hydrogen) atoms. The first-order chi connectivity index (χ1) is 13.1. The largest absolute Gasteiger partial charge is 0.465 e. The first kappa shape index (κ1) is 21.4. The number of alkyl halides is 3. The van der Waals surface area contributed by atoms with E-state index in [4.69, 9.17) is 22.1 Å². The number of hydrogen-bond acceptors (Lipinski definition) is 5. The number of nitrogens with zero attached hydrogens (tertiary/aromatic N) is 3. The molecule has 2 rings (SSSR count). The number of pyridine rings is 2. The van der Waals surface area contributed by atoms with Gasteiger partial charge in [-0.05, 0) is 18.2 Å². The lowest BCUT2D eigenvalue weighted by Gasteiger charge is -2.10. The maximum Gasteiger partial charge on any atom is 0.417 e. The van der Waals surface area contributed by atoms with E-state index in [2.05, 4.69) is 20.3 Å². The van der Waals surface area contributed by atoms with E-state index in [1.807, 2.05) is 0 Å². The van der Waals surface area contributed by atoms with Gasteiger partial charge in [-0.1, -0.05) is 11.6 Å². The summed E-state index contributed by atoms with van der Waals surface area (Å²) in [6.07, 6.45) is -4.13. The maximum atomic E-state index is 13.8. The molecule has 0 bridgehead atoms. The highest BCUT2D eigenvalue weighted by Crippen LogP contribution is 2.31. The van der Waals surface area contributed by atoms with Crippen molar-refractivity contribution in [1.29, 1.82) is 0 Å². The van der Waals surface area contributed by atoms with Crippen LogP contribution in [0.25, 0.3) is 0 Å². The minimum absolute atomic E-state index is 0.00319. The number of aromatic nitrogens is 2. The zero-order chi connectivity index (χ0) is 20.9. The van der Waals surface area contributed by atoms with Crippen LogP contribution < -0.4 is 11.1 Å². The molecule has 2 heterocycles. The van der Waals surface area contributed by atoms with E-state index in [-0.39, 0.29) is 30.6 Å². The van der Waals surface area contributed by atoms with Gasteiger partial charge >= 0.3 is 6.18 Å². The third-order valence-corrected chi connectivity index (χ3v) is 3.64. The van der Waals surface area contributed by atoms with Crippen molar-refractivity contribution in [2.75, 3.05) is 19.0 Å². The van der Waals surface area contributed by atoms with Crippen molar-refractivity contribution in [1.82, 2.24) is 9.97 Å². The number of hydrogen-bond donors (Lipinski definition) is 2. The van der Waals surface area contributed by atoms with Gasteiger partial charge in [0.05, 0.1) is 22.9 Å². The Hall–Kier alpha value is -2.95. The van der Waals surface area contributed by atoms with Crippen LogP contribution in [-0.4, -0.2) is 35.6 Å².